The zero-order chi connectivity index (χ0) is 15.9. The molecule has 0 spiro atoms. The van der Waals surface area contributed by atoms with Crippen LogP contribution in [0.2, 0.25) is 0 Å². The Balaban J connectivity index is 1.98. The normalized spacial score (nSPS) is 10.1. The summed E-state index contributed by atoms with van der Waals surface area (Å²) in [4.78, 5) is 25.9. The third kappa shape index (κ3) is 4.43. The Morgan fingerprint density at radius 3 is 2.27 bits per heavy atom. The monoisotopic (exact) mass is 360 g/mol. The van der Waals surface area contributed by atoms with Gasteiger partial charge in [0.05, 0.1) is 0 Å². The summed E-state index contributed by atoms with van der Waals surface area (Å²) in [7, 11) is 0. The molecule has 5 heteroatoms. The van der Waals surface area contributed by atoms with E-state index in [4.69, 9.17) is 0 Å². The minimum atomic E-state index is -0.318. The first-order valence-electron chi connectivity index (χ1n) is 7.01. The molecule has 2 aromatic rings. The molecule has 2 aromatic carbocycles. The lowest BCUT2D eigenvalue weighted by atomic mass is 10.2. The fourth-order valence-corrected chi connectivity index (χ4v) is 2.35. The number of rotatable bonds is 5. The van der Waals surface area contributed by atoms with E-state index in [1.54, 1.807) is 17.0 Å². The second-order valence-electron chi connectivity index (χ2n) is 4.71. The molecule has 0 aliphatic rings. The van der Waals surface area contributed by atoms with Gasteiger partial charge >= 0.3 is 0 Å². The van der Waals surface area contributed by atoms with E-state index in [1.807, 2.05) is 49.4 Å². The first kappa shape index (κ1) is 16.2. The second-order valence-corrected chi connectivity index (χ2v) is 5.62. The smallest absolute Gasteiger partial charge is 0.236 e. The summed E-state index contributed by atoms with van der Waals surface area (Å²) in [6.07, 6.45) is -0.182. The van der Waals surface area contributed by atoms with E-state index in [1.165, 1.54) is 0 Å². The highest BCUT2D eigenvalue weighted by molar-refractivity contribution is 9.10. The summed E-state index contributed by atoms with van der Waals surface area (Å²) in [5.41, 5.74) is 1.47. The van der Waals surface area contributed by atoms with Crippen molar-refractivity contribution >= 4 is 39.1 Å². The van der Waals surface area contributed by atoms with Crippen molar-refractivity contribution in [2.45, 2.75) is 13.3 Å². The largest absolute Gasteiger partial charge is 0.326 e. The van der Waals surface area contributed by atoms with Crippen molar-refractivity contribution in [2.24, 2.45) is 0 Å². The van der Waals surface area contributed by atoms with Crippen molar-refractivity contribution in [3.05, 3.63) is 59.1 Å². The molecule has 2 amide bonds. The SMILES string of the molecule is CCN(C(=O)CC(=O)Nc1ccc(Br)cc1)c1ccccc1. The minimum Gasteiger partial charge on any atom is -0.326 e. The molecule has 22 heavy (non-hydrogen) atoms. The summed E-state index contributed by atoms with van der Waals surface area (Å²) < 4.78 is 0.933. The summed E-state index contributed by atoms with van der Waals surface area (Å²) in [6, 6.07) is 16.6. The van der Waals surface area contributed by atoms with Crippen molar-refractivity contribution in [1.82, 2.24) is 0 Å². The number of carbonyl (C=O) groups is 2. The van der Waals surface area contributed by atoms with Gasteiger partial charge in [-0.3, -0.25) is 9.59 Å². The van der Waals surface area contributed by atoms with Crippen molar-refractivity contribution in [3.8, 4) is 0 Å². The minimum absolute atomic E-state index is 0.182. The van der Waals surface area contributed by atoms with Crippen LogP contribution in [0.25, 0.3) is 0 Å². The van der Waals surface area contributed by atoms with Gasteiger partial charge in [-0.25, -0.2) is 0 Å². The van der Waals surface area contributed by atoms with Crippen molar-refractivity contribution in [2.75, 3.05) is 16.8 Å². The summed E-state index contributed by atoms with van der Waals surface area (Å²) in [5.74, 6) is -0.537. The summed E-state index contributed by atoms with van der Waals surface area (Å²) in [5, 5.41) is 2.72. The Hall–Kier alpha value is -2.14. The highest BCUT2D eigenvalue weighted by Gasteiger charge is 2.17. The third-order valence-corrected chi connectivity index (χ3v) is 3.65. The average Bonchev–Trinajstić information content (AvgIpc) is 2.51. The first-order chi connectivity index (χ1) is 10.6. The van der Waals surface area contributed by atoms with Crippen LogP contribution in [0.5, 0.6) is 0 Å². The van der Waals surface area contributed by atoms with Crippen molar-refractivity contribution < 1.29 is 9.59 Å². The standard InChI is InChI=1S/C17H17BrN2O2/c1-2-20(15-6-4-3-5-7-15)17(22)12-16(21)19-14-10-8-13(18)9-11-14/h3-11H,2,12H2,1H3,(H,19,21). The topological polar surface area (TPSA) is 49.4 Å². The lowest BCUT2D eigenvalue weighted by molar-refractivity contribution is -0.125. The van der Waals surface area contributed by atoms with E-state index >= 15 is 0 Å². The van der Waals surface area contributed by atoms with Gasteiger partial charge in [0.25, 0.3) is 0 Å². The number of hydrogen-bond donors (Lipinski definition) is 1. The lowest BCUT2D eigenvalue weighted by Gasteiger charge is -2.20. The number of nitrogens with zero attached hydrogens (tertiary/aromatic N) is 1. The molecule has 2 rings (SSSR count). The Labute approximate surface area is 138 Å². The van der Waals surface area contributed by atoms with Gasteiger partial charge in [-0.1, -0.05) is 34.1 Å². The van der Waals surface area contributed by atoms with E-state index in [2.05, 4.69) is 21.2 Å². The molecule has 0 unspecified atom stereocenters. The van der Waals surface area contributed by atoms with Gasteiger partial charge in [0.2, 0.25) is 11.8 Å². The molecule has 114 valence electrons. The summed E-state index contributed by atoms with van der Waals surface area (Å²) >= 11 is 3.33. The first-order valence-corrected chi connectivity index (χ1v) is 7.80. The molecule has 4 nitrogen and oxygen atoms in total. The maximum Gasteiger partial charge on any atom is 0.236 e. The predicted octanol–water partition coefficient (Wildman–Crippen LogP) is 3.83. The molecule has 0 saturated carbocycles. The molecule has 0 heterocycles. The van der Waals surface area contributed by atoms with Gasteiger partial charge < -0.3 is 10.2 Å². The fourth-order valence-electron chi connectivity index (χ4n) is 2.08. The molecule has 1 N–H and O–H groups in total. The van der Waals surface area contributed by atoms with Gasteiger partial charge in [0.1, 0.15) is 6.42 Å². The predicted molar refractivity (Wildman–Crippen MR) is 91.9 cm³/mol. The zero-order valence-electron chi connectivity index (χ0n) is 12.3. The van der Waals surface area contributed by atoms with Crippen molar-refractivity contribution in [1.29, 1.82) is 0 Å². The maximum absolute atomic E-state index is 12.3. The van der Waals surface area contributed by atoms with Gasteiger partial charge in [0, 0.05) is 22.4 Å². The van der Waals surface area contributed by atoms with E-state index in [9.17, 15) is 9.59 Å². The molecule has 0 bridgehead atoms. The lowest BCUT2D eigenvalue weighted by Crippen LogP contribution is -2.33. The van der Waals surface area contributed by atoms with Gasteiger partial charge in [-0.2, -0.15) is 0 Å². The van der Waals surface area contributed by atoms with Gasteiger partial charge in [0.15, 0.2) is 0 Å². The number of benzene rings is 2. The van der Waals surface area contributed by atoms with Crippen molar-refractivity contribution in [3.63, 3.8) is 0 Å². The fraction of sp³-hybridized carbons (Fsp3) is 0.176. The third-order valence-electron chi connectivity index (χ3n) is 3.12. The molecule has 0 radical (unpaired) electrons. The van der Waals surface area contributed by atoms with Gasteiger partial charge in [-0.15, -0.1) is 0 Å². The molecular formula is C17H17BrN2O2. The Morgan fingerprint density at radius 2 is 1.68 bits per heavy atom. The van der Waals surface area contributed by atoms with Crippen LogP contribution in [-0.4, -0.2) is 18.4 Å². The Morgan fingerprint density at radius 1 is 1.05 bits per heavy atom. The van der Waals surface area contributed by atoms with Crippen LogP contribution in [0.1, 0.15) is 13.3 Å². The van der Waals surface area contributed by atoms with Crippen LogP contribution in [0.3, 0.4) is 0 Å². The molecule has 0 aliphatic carbocycles. The van der Waals surface area contributed by atoms with E-state index in [0.717, 1.165) is 10.2 Å². The maximum atomic E-state index is 12.3. The highest BCUT2D eigenvalue weighted by Crippen LogP contribution is 2.16. The molecule has 0 aliphatic heterocycles. The van der Waals surface area contributed by atoms with Crippen LogP contribution in [0, 0.1) is 0 Å². The Bertz CT molecular complexity index is 641. The van der Waals surface area contributed by atoms with E-state index in [-0.39, 0.29) is 18.2 Å². The summed E-state index contributed by atoms with van der Waals surface area (Å²) in [6.45, 7) is 2.41. The second kappa shape index (κ2) is 7.75. The van der Waals surface area contributed by atoms with Crippen LogP contribution >= 0.6 is 15.9 Å². The molecular weight excluding hydrogens is 344 g/mol. The van der Waals surface area contributed by atoms with Crippen LogP contribution in [0.15, 0.2) is 59.1 Å². The highest BCUT2D eigenvalue weighted by atomic mass is 79.9. The number of anilines is 2. The quantitative estimate of drug-likeness (QED) is 0.823. The zero-order valence-corrected chi connectivity index (χ0v) is 13.8. The van der Waals surface area contributed by atoms with Crippen LogP contribution in [-0.2, 0) is 9.59 Å². The van der Waals surface area contributed by atoms with Crippen LogP contribution < -0.4 is 10.2 Å². The molecule has 0 saturated heterocycles. The Kier molecular flexibility index (Phi) is 5.72. The molecule has 0 fully saturated rings. The number of para-hydroxylation sites is 1. The van der Waals surface area contributed by atoms with E-state index < -0.39 is 0 Å². The van der Waals surface area contributed by atoms with E-state index in [0.29, 0.717) is 12.2 Å². The number of nitrogens with one attached hydrogen (secondary N) is 1. The van der Waals surface area contributed by atoms with Gasteiger partial charge in [-0.05, 0) is 43.3 Å². The number of halogens is 1. The number of hydrogen-bond acceptors (Lipinski definition) is 2. The number of carbonyl (C=O) groups excluding carboxylic acids is 2. The number of amides is 2. The average molecular weight is 361 g/mol. The molecule has 0 aromatic heterocycles. The molecule has 0 atom stereocenters. The van der Waals surface area contributed by atoms with Crippen LogP contribution in [0.4, 0.5) is 11.4 Å².